The van der Waals surface area contributed by atoms with Crippen LogP contribution < -0.4 is 5.73 Å². The fourth-order valence-electron chi connectivity index (χ4n) is 3.81. The normalized spacial score (nSPS) is 23.7. The number of hydrogen-bond acceptors (Lipinski definition) is 2. The zero-order valence-electron chi connectivity index (χ0n) is 12.4. The maximum atomic E-state index is 14.4. The third-order valence-electron chi connectivity index (χ3n) is 4.97. The molecule has 2 aliphatic carbocycles. The van der Waals surface area contributed by atoms with Crippen LogP contribution in [0, 0.1) is 17.0 Å². The number of unbranched alkanes of at least 4 members (excludes halogenated alkanes) is 1. The maximum absolute atomic E-state index is 14.4. The highest BCUT2D eigenvalue weighted by Crippen LogP contribution is 2.58. The van der Waals surface area contributed by atoms with E-state index in [0.29, 0.717) is 34.9 Å². The summed E-state index contributed by atoms with van der Waals surface area (Å²) < 4.78 is 28.8. The molecule has 5 heteroatoms. The summed E-state index contributed by atoms with van der Waals surface area (Å²) in [4.78, 5) is 12.1. The Morgan fingerprint density at radius 3 is 2.82 bits per heavy atom. The van der Waals surface area contributed by atoms with E-state index < -0.39 is 17.3 Å². The minimum Gasteiger partial charge on any atom is -0.394 e. The van der Waals surface area contributed by atoms with Gasteiger partial charge in [-0.05, 0) is 58.0 Å². The van der Waals surface area contributed by atoms with Crippen molar-refractivity contribution in [1.29, 1.82) is 0 Å². The number of carbonyl (C=O) groups is 1. The van der Waals surface area contributed by atoms with Gasteiger partial charge in [-0.2, -0.15) is 0 Å². The highest BCUT2D eigenvalue weighted by molar-refractivity contribution is 9.12. The fourth-order valence-corrected chi connectivity index (χ4v) is 4.64. The summed E-state index contributed by atoms with van der Waals surface area (Å²) in [6, 6.07) is 1.29. The molecule has 0 bridgehead atoms. The minimum absolute atomic E-state index is 0.00705. The Labute approximate surface area is 136 Å². The molecule has 1 atom stereocenters. The second-order valence-corrected chi connectivity index (χ2v) is 7.08. The molecule has 3 rings (SSSR count). The van der Waals surface area contributed by atoms with Crippen molar-refractivity contribution in [2.75, 3.05) is 5.73 Å². The number of benzene rings is 1. The second-order valence-electron chi connectivity index (χ2n) is 6.28. The number of allylic oxidation sites excluding steroid dienone is 2. The molecular formula is C17H18BrF2NO. The van der Waals surface area contributed by atoms with Crippen LogP contribution in [0.4, 0.5) is 14.5 Å². The molecule has 2 N–H and O–H groups in total. The van der Waals surface area contributed by atoms with Crippen LogP contribution in [-0.2, 0) is 11.2 Å². The first-order valence-electron chi connectivity index (χ1n) is 7.61. The molecule has 0 amide bonds. The number of ketones is 1. The lowest BCUT2D eigenvalue weighted by Gasteiger charge is -2.35. The summed E-state index contributed by atoms with van der Waals surface area (Å²) in [5, 5.41) is 0. The minimum atomic E-state index is -0.756. The van der Waals surface area contributed by atoms with Crippen LogP contribution in [0.3, 0.4) is 0 Å². The first-order valence-corrected chi connectivity index (χ1v) is 8.40. The lowest BCUT2D eigenvalue weighted by Crippen LogP contribution is -2.27. The monoisotopic (exact) mass is 369 g/mol. The summed E-state index contributed by atoms with van der Waals surface area (Å²) in [6.07, 6.45) is 4.52. The van der Waals surface area contributed by atoms with Crippen molar-refractivity contribution in [3.8, 4) is 0 Å². The number of Topliss-reactive ketones (excluding diaryl/α,β-unsaturated/α-hetero) is 1. The predicted octanol–water partition coefficient (Wildman–Crippen LogP) is 4.75. The SMILES string of the molecule is CCCCC12CCC(=O)C(Br)=C1c1cc(F)c(N)c(F)c1C2. The van der Waals surface area contributed by atoms with Crippen molar-refractivity contribution in [3.05, 3.63) is 33.3 Å². The fraction of sp³-hybridized carbons (Fsp3) is 0.471. The number of nitrogen functional groups attached to an aromatic ring is 1. The van der Waals surface area contributed by atoms with E-state index in [1.165, 1.54) is 6.07 Å². The Morgan fingerprint density at radius 1 is 1.41 bits per heavy atom. The van der Waals surface area contributed by atoms with Crippen LogP contribution in [0.5, 0.6) is 0 Å². The van der Waals surface area contributed by atoms with Crippen LogP contribution in [0.15, 0.2) is 10.5 Å². The van der Waals surface area contributed by atoms with Gasteiger partial charge in [0.2, 0.25) is 0 Å². The van der Waals surface area contributed by atoms with Gasteiger partial charge < -0.3 is 5.73 Å². The van der Waals surface area contributed by atoms with Crippen molar-refractivity contribution in [2.45, 2.75) is 45.4 Å². The molecule has 0 fully saturated rings. The van der Waals surface area contributed by atoms with Crippen molar-refractivity contribution in [3.63, 3.8) is 0 Å². The first-order chi connectivity index (χ1) is 10.4. The van der Waals surface area contributed by atoms with Crippen LogP contribution >= 0.6 is 15.9 Å². The molecule has 2 aliphatic rings. The largest absolute Gasteiger partial charge is 0.394 e. The lowest BCUT2D eigenvalue weighted by atomic mass is 9.69. The third kappa shape index (κ3) is 2.13. The highest BCUT2D eigenvalue weighted by Gasteiger charge is 2.47. The summed E-state index contributed by atoms with van der Waals surface area (Å²) in [7, 11) is 0. The van der Waals surface area contributed by atoms with Gasteiger partial charge in [0.15, 0.2) is 11.6 Å². The van der Waals surface area contributed by atoms with Gasteiger partial charge in [0.05, 0.1) is 4.48 Å². The smallest absolute Gasteiger partial charge is 0.170 e. The second kappa shape index (κ2) is 5.44. The Hall–Kier alpha value is -1.23. The van der Waals surface area contributed by atoms with E-state index in [2.05, 4.69) is 22.9 Å². The molecule has 0 radical (unpaired) electrons. The molecule has 0 aromatic heterocycles. The van der Waals surface area contributed by atoms with Gasteiger partial charge in [-0.15, -0.1) is 0 Å². The average Bonchev–Trinajstić information content (AvgIpc) is 2.82. The van der Waals surface area contributed by atoms with Gasteiger partial charge in [-0.1, -0.05) is 19.8 Å². The Morgan fingerprint density at radius 2 is 2.14 bits per heavy atom. The zero-order chi connectivity index (χ0) is 16.1. The Kier molecular flexibility index (Phi) is 3.87. The Balaban J connectivity index is 2.23. The van der Waals surface area contributed by atoms with E-state index in [4.69, 9.17) is 5.73 Å². The molecule has 1 unspecified atom stereocenters. The third-order valence-corrected chi connectivity index (χ3v) is 5.81. The number of hydrogen-bond donors (Lipinski definition) is 1. The number of carbonyl (C=O) groups excluding carboxylic acids is 1. The molecule has 1 aromatic carbocycles. The molecular weight excluding hydrogens is 352 g/mol. The van der Waals surface area contributed by atoms with E-state index in [0.717, 1.165) is 24.8 Å². The predicted molar refractivity (Wildman–Crippen MR) is 86.5 cm³/mol. The van der Waals surface area contributed by atoms with Crippen LogP contribution in [-0.4, -0.2) is 5.78 Å². The average molecular weight is 370 g/mol. The van der Waals surface area contributed by atoms with Crippen molar-refractivity contribution < 1.29 is 13.6 Å². The standard InChI is InChI=1S/C17H18BrF2NO/c1-2-3-5-17-6-4-12(22)14(18)13(17)9-7-11(19)16(21)15(20)10(9)8-17/h7H,2-6,8,21H2,1H3. The topological polar surface area (TPSA) is 43.1 Å². The van der Waals surface area contributed by atoms with E-state index in [9.17, 15) is 13.6 Å². The van der Waals surface area contributed by atoms with E-state index in [1.54, 1.807) is 0 Å². The maximum Gasteiger partial charge on any atom is 0.170 e. The molecule has 0 saturated carbocycles. The van der Waals surface area contributed by atoms with E-state index in [1.807, 2.05) is 0 Å². The highest BCUT2D eigenvalue weighted by atomic mass is 79.9. The molecule has 0 spiro atoms. The molecule has 0 saturated heterocycles. The molecule has 0 heterocycles. The van der Waals surface area contributed by atoms with Gasteiger partial charge in [0, 0.05) is 11.8 Å². The van der Waals surface area contributed by atoms with Crippen molar-refractivity contribution in [2.24, 2.45) is 5.41 Å². The van der Waals surface area contributed by atoms with E-state index >= 15 is 0 Å². The summed E-state index contributed by atoms with van der Waals surface area (Å²) in [5.74, 6) is -1.42. The van der Waals surface area contributed by atoms with Crippen LogP contribution in [0.1, 0.15) is 50.2 Å². The van der Waals surface area contributed by atoms with Crippen LogP contribution in [0.2, 0.25) is 0 Å². The summed E-state index contributed by atoms with van der Waals surface area (Å²) in [6.45, 7) is 2.10. The molecule has 2 nitrogen and oxygen atoms in total. The van der Waals surface area contributed by atoms with Gasteiger partial charge in [0.25, 0.3) is 0 Å². The van der Waals surface area contributed by atoms with Gasteiger partial charge in [0.1, 0.15) is 11.5 Å². The van der Waals surface area contributed by atoms with Gasteiger partial charge >= 0.3 is 0 Å². The van der Waals surface area contributed by atoms with Gasteiger partial charge in [-0.3, -0.25) is 4.79 Å². The summed E-state index contributed by atoms with van der Waals surface area (Å²) in [5.41, 5.74) is 6.56. The number of fused-ring (bicyclic) bond motifs is 3. The first kappa shape index (κ1) is 15.7. The number of nitrogens with two attached hydrogens (primary N) is 1. The van der Waals surface area contributed by atoms with Crippen LogP contribution in [0.25, 0.3) is 5.57 Å². The number of anilines is 1. The molecule has 118 valence electrons. The number of halogens is 3. The van der Waals surface area contributed by atoms with Crippen molar-refractivity contribution >= 4 is 33.0 Å². The quantitative estimate of drug-likeness (QED) is 0.781. The van der Waals surface area contributed by atoms with Gasteiger partial charge in [-0.25, -0.2) is 8.78 Å². The number of rotatable bonds is 3. The lowest BCUT2D eigenvalue weighted by molar-refractivity contribution is -0.115. The summed E-state index contributed by atoms with van der Waals surface area (Å²) >= 11 is 3.38. The van der Waals surface area contributed by atoms with Crippen molar-refractivity contribution in [1.82, 2.24) is 0 Å². The van der Waals surface area contributed by atoms with E-state index in [-0.39, 0.29) is 11.2 Å². The Bertz CT molecular complexity index is 698. The molecule has 1 aromatic rings. The zero-order valence-corrected chi connectivity index (χ0v) is 14.0. The molecule has 22 heavy (non-hydrogen) atoms. The molecule has 0 aliphatic heterocycles.